The van der Waals surface area contributed by atoms with Crippen LogP contribution >= 0.6 is 11.5 Å². The number of aromatic carboxylic acids is 1. The Morgan fingerprint density at radius 3 is 2.92 bits per heavy atom. The molecule has 6 heteroatoms. The van der Waals surface area contributed by atoms with Gasteiger partial charge in [-0.05, 0) is 11.5 Å². The number of nitrogens with zero attached hydrogens (tertiary/aromatic N) is 1. The maximum atomic E-state index is 10.8. The smallest absolute Gasteiger partial charge is 0.340 e. The zero-order valence-electron chi connectivity index (χ0n) is 7.33. The number of carboxylic acid groups (broad SMARTS) is 1. The van der Waals surface area contributed by atoms with Gasteiger partial charge in [-0.15, -0.1) is 0 Å². The van der Waals surface area contributed by atoms with Gasteiger partial charge in [0.05, 0.1) is 12.3 Å². The van der Waals surface area contributed by atoms with E-state index in [1.54, 1.807) is 7.05 Å². The maximum Gasteiger partial charge on any atom is 0.340 e. The molecular weight excluding hydrogens is 192 g/mol. The molecule has 5 nitrogen and oxygen atoms in total. The number of aromatic nitrogens is 1. The Labute approximate surface area is 79.5 Å². The molecule has 0 fully saturated rings. The van der Waals surface area contributed by atoms with Gasteiger partial charge in [0.1, 0.15) is 10.6 Å². The lowest BCUT2D eigenvalue weighted by Crippen LogP contribution is -2.04. The summed E-state index contributed by atoms with van der Waals surface area (Å²) < 4.78 is 8.80. The molecule has 0 atom stereocenters. The van der Waals surface area contributed by atoms with Gasteiger partial charge in [0, 0.05) is 14.2 Å². The molecule has 0 unspecified atom stereocenters. The summed E-state index contributed by atoms with van der Waals surface area (Å²) in [6.07, 6.45) is 0. The average molecular weight is 202 g/mol. The van der Waals surface area contributed by atoms with Crippen molar-refractivity contribution in [3.8, 4) is 0 Å². The molecule has 1 heterocycles. The van der Waals surface area contributed by atoms with Crippen LogP contribution in [0.1, 0.15) is 16.1 Å². The molecule has 0 bridgehead atoms. The van der Waals surface area contributed by atoms with Gasteiger partial charge >= 0.3 is 5.97 Å². The van der Waals surface area contributed by atoms with Crippen LogP contribution in [0.15, 0.2) is 0 Å². The second-order valence-corrected chi connectivity index (χ2v) is 3.09. The summed E-state index contributed by atoms with van der Waals surface area (Å²) in [5.41, 5.74) is 0.665. The van der Waals surface area contributed by atoms with Crippen molar-refractivity contribution < 1.29 is 14.6 Å². The summed E-state index contributed by atoms with van der Waals surface area (Å²) >= 11 is 1.12. The molecule has 1 aromatic rings. The topological polar surface area (TPSA) is 71.5 Å². The molecule has 72 valence electrons. The highest BCUT2D eigenvalue weighted by molar-refractivity contribution is 7.10. The fraction of sp³-hybridized carbons (Fsp3) is 0.429. The predicted octanol–water partition coefficient (Wildman–Crippen LogP) is 1.03. The SMILES string of the molecule is CNc1snc(COC)c1C(=O)O. The van der Waals surface area contributed by atoms with E-state index in [4.69, 9.17) is 9.84 Å². The molecule has 1 rings (SSSR count). The fourth-order valence-corrected chi connectivity index (χ4v) is 1.68. The Kier molecular flexibility index (Phi) is 3.21. The lowest BCUT2D eigenvalue weighted by Gasteiger charge is -1.98. The van der Waals surface area contributed by atoms with Crippen LogP contribution in [-0.4, -0.2) is 29.6 Å². The van der Waals surface area contributed by atoms with Crippen LogP contribution in [0.25, 0.3) is 0 Å². The van der Waals surface area contributed by atoms with Gasteiger partial charge in [-0.1, -0.05) is 0 Å². The minimum absolute atomic E-state index is 0.203. The molecular formula is C7H10N2O3S. The summed E-state index contributed by atoms with van der Waals surface area (Å²) in [5, 5.41) is 12.2. The van der Waals surface area contributed by atoms with Gasteiger partial charge in [0.15, 0.2) is 0 Å². The van der Waals surface area contributed by atoms with Crippen LogP contribution in [-0.2, 0) is 11.3 Å². The number of rotatable bonds is 4. The minimum atomic E-state index is -0.981. The summed E-state index contributed by atoms with van der Waals surface area (Å²) in [7, 11) is 3.17. The van der Waals surface area contributed by atoms with Crippen molar-refractivity contribution in [2.45, 2.75) is 6.61 Å². The molecule has 0 aromatic carbocycles. The van der Waals surface area contributed by atoms with E-state index >= 15 is 0 Å². The van der Waals surface area contributed by atoms with Gasteiger partial charge in [0.2, 0.25) is 0 Å². The molecule has 0 radical (unpaired) electrons. The number of methoxy groups -OCH3 is 1. The Balaban J connectivity index is 3.06. The van der Waals surface area contributed by atoms with E-state index in [1.807, 2.05) is 0 Å². The first-order valence-electron chi connectivity index (χ1n) is 3.59. The molecule has 0 aliphatic rings. The zero-order valence-corrected chi connectivity index (χ0v) is 8.14. The van der Waals surface area contributed by atoms with Crippen LogP contribution < -0.4 is 5.32 Å². The zero-order chi connectivity index (χ0) is 9.84. The maximum absolute atomic E-state index is 10.8. The van der Waals surface area contributed by atoms with Crippen molar-refractivity contribution in [1.29, 1.82) is 0 Å². The summed E-state index contributed by atoms with van der Waals surface area (Å²) in [4.78, 5) is 10.8. The van der Waals surface area contributed by atoms with Crippen molar-refractivity contribution in [2.24, 2.45) is 0 Å². The first-order valence-corrected chi connectivity index (χ1v) is 4.36. The highest BCUT2D eigenvalue weighted by Crippen LogP contribution is 2.24. The third kappa shape index (κ3) is 1.96. The standard InChI is InChI=1S/C7H10N2O3S/c1-8-6-5(7(10)11)4(3-12-2)9-13-6/h8H,3H2,1-2H3,(H,10,11). The van der Waals surface area contributed by atoms with E-state index in [0.717, 1.165) is 11.5 Å². The Hall–Kier alpha value is -1.14. The minimum Gasteiger partial charge on any atom is -0.478 e. The summed E-state index contributed by atoms with van der Waals surface area (Å²) in [6.45, 7) is 0.222. The predicted molar refractivity (Wildman–Crippen MR) is 49.3 cm³/mol. The number of anilines is 1. The Bertz CT molecular complexity index is 311. The second-order valence-electron chi connectivity index (χ2n) is 2.32. The van der Waals surface area contributed by atoms with E-state index in [0.29, 0.717) is 10.7 Å². The Morgan fingerprint density at radius 1 is 1.77 bits per heavy atom. The summed E-state index contributed by atoms with van der Waals surface area (Å²) in [6, 6.07) is 0. The van der Waals surface area contributed by atoms with E-state index < -0.39 is 5.97 Å². The van der Waals surface area contributed by atoms with E-state index in [9.17, 15) is 4.79 Å². The molecule has 2 N–H and O–H groups in total. The first kappa shape index (κ1) is 9.94. The van der Waals surface area contributed by atoms with Crippen molar-refractivity contribution >= 4 is 22.5 Å². The third-order valence-electron chi connectivity index (χ3n) is 1.48. The van der Waals surface area contributed by atoms with Crippen molar-refractivity contribution in [3.05, 3.63) is 11.3 Å². The van der Waals surface area contributed by atoms with E-state index in [-0.39, 0.29) is 12.2 Å². The van der Waals surface area contributed by atoms with Gasteiger partial charge in [-0.2, -0.15) is 4.37 Å². The van der Waals surface area contributed by atoms with E-state index in [1.165, 1.54) is 7.11 Å². The van der Waals surface area contributed by atoms with Crippen molar-refractivity contribution in [2.75, 3.05) is 19.5 Å². The number of carboxylic acids is 1. The van der Waals surface area contributed by atoms with E-state index in [2.05, 4.69) is 9.69 Å². The normalized spacial score (nSPS) is 10.0. The monoisotopic (exact) mass is 202 g/mol. The summed E-state index contributed by atoms with van der Waals surface area (Å²) in [5.74, 6) is -0.981. The van der Waals surface area contributed by atoms with Crippen LogP contribution in [0, 0.1) is 0 Å². The highest BCUT2D eigenvalue weighted by atomic mass is 32.1. The van der Waals surface area contributed by atoms with Crippen LogP contribution in [0.3, 0.4) is 0 Å². The van der Waals surface area contributed by atoms with Crippen LogP contribution in [0.2, 0.25) is 0 Å². The quantitative estimate of drug-likeness (QED) is 0.763. The molecule has 0 aliphatic heterocycles. The van der Waals surface area contributed by atoms with Gasteiger partial charge in [-0.25, -0.2) is 4.79 Å². The highest BCUT2D eigenvalue weighted by Gasteiger charge is 2.18. The average Bonchev–Trinajstić information content (AvgIpc) is 2.48. The number of hydrogen-bond donors (Lipinski definition) is 2. The molecule has 0 saturated heterocycles. The third-order valence-corrected chi connectivity index (χ3v) is 2.39. The second kappa shape index (κ2) is 4.20. The first-order chi connectivity index (χ1) is 6.20. The molecule has 0 amide bonds. The largest absolute Gasteiger partial charge is 0.478 e. The van der Waals surface area contributed by atoms with Crippen LogP contribution in [0.5, 0.6) is 0 Å². The van der Waals surface area contributed by atoms with Crippen molar-refractivity contribution in [1.82, 2.24) is 4.37 Å². The van der Waals surface area contributed by atoms with Gasteiger partial charge in [-0.3, -0.25) is 0 Å². The van der Waals surface area contributed by atoms with Gasteiger partial charge in [0.25, 0.3) is 0 Å². The number of ether oxygens (including phenoxy) is 1. The number of nitrogens with one attached hydrogen (secondary N) is 1. The lowest BCUT2D eigenvalue weighted by molar-refractivity contribution is 0.0693. The van der Waals surface area contributed by atoms with Crippen LogP contribution in [0.4, 0.5) is 5.00 Å². The lowest BCUT2D eigenvalue weighted by atomic mass is 10.2. The van der Waals surface area contributed by atoms with Crippen molar-refractivity contribution in [3.63, 3.8) is 0 Å². The molecule has 0 saturated carbocycles. The van der Waals surface area contributed by atoms with Gasteiger partial charge < -0.3 is 15.2 Å². The number of carbonyl (C=O) groups is 1. The molecule has 0 aliphatic carbocycles. The number of hydrogen-bond acceptors (Lipinski definition) is 5. The molecule has 0 spiro atoms. The fourth-order valence-electron chi connectivity index (χ4n) is 0.950. The molecule has 1 aromatic heterocycles. The molecule has 13 heavy (non-hydrogen) atoms. The Morgan fingerprint density at radius 2 is 2.46 bits per heavy atom.